The van der Waals surface area contributed by atoms with E-state index in [9.17, 15) is 0 Å². The number of aryl methyl sites for hydroxylation is 2. The van der Waals surface area contributed by atoms with Crippen LogP contribution < -0.4 is 5.73 Å². The second kappa shape index (κ2) is 5.79. The number of benzene rings is 1. The van der Waals surface area contributed by atoms with Crippen molar-refractivity contribution in [1.82, 2.24) is 4.98 Å². The maximum atomic E-state index is 8.65. The Morgan fingerprint density at radius 1 is 1.47 bits per heavy atom. The Morgan fingerprint density at radius 3 is 2.89 bits per heavy atom. The lowest BCUT2D eigenvalue weighted by Gasteiger charge is -2.02. The summed E-state index contributed by atoms with van der Waals surface area (Å²) >= 11 is 1.52. The van der Waals surface area contributed by atoms with Gasteiger partial charge in [0, 0.05) is 11.3 Å². The molecule has 0 amide bonds. The van der Waals surface area contributed by atoms with Crippen LogP contribution in [-0.4, -0.2) is 16.0 Å². The van der Waals surface area contributed by atoms with Gasteiger partial charge in [0.2, 0.25) is 0 Å². The van der Waals surface area contributed by atoms with Crippen molar-refractivity contribution in [3.63, 3.8) is 0 Å². The van der Waals surface area contributed by atoms with Gasteiger partial charge in [0.05, 0.1) is 5.69 Å². The van der Waals surface area contributed by atoms with Gasteiger partial charge < -0.3 is 15.4 Å². The van der Waals surface area contributed by atoms with Gasteiger partial charge >= 0.3 is 0 Å². The molecule has 0 bridgehead atoms. The van der Waals surface area contributed by atoms with Gasteiger partial charge in [-0.25, -0.2) is 4.98 Å². The maximum absolute atomic E-state index is 8.65. The lowest BCUT2D eigenvalue weighted by atomic mass is 10.1. The Labute approximate surface area is 115 Å². The second-order valence-corrected chi connectivity index (χ2v) is 5.02. The highest BCUT2D eigenvalue weighted by Crippen LogP contribution is 2.24. The first-order chi connectivity index (χ1) is 9.10. The minimum atomic E-state index is 0.106. The van der Waals surface area contributed by atoms with Crippen LogP contribution in [0.2, 0.25) is 0 Å². The van der Waals surface area contributed by atoms with Gasteiger partial charge in [-0.2, -0.15) is 0 Å². The molecule has 1 aromatic heterocycles. The van der Waals surface area contributed by atoms with Crippen LogP contribution in [0.25, 0.3) is 0 Å². The van der Waals surface area contributed by atoms with Crippen molar-refractivity contribution in [2.45, 2.75) is 24.8 Å². The van der Waals surface area contributed by atoms with Crippen LogP contribution in [0.4, 0.5) is 0 Å². The summed E-state index contributed by atoms with van der Waals surface area (Å²) in [6.07, 6.45) is 0. The van der Waals surface area contributed by atoms with E-state index in [1.807, 2.05) is 32.0 Å². The SMILES string of the molecule is Cc1nc(SCc2cccc(/C(N)=N/O)c2)oc1C. The van der Waals surface area contributed by atoms with Gasteiger partial charge in [0.1, 0.15) is 5.76 Å². The summed E-state index contributed by atoms with van der Waals surface area (Å²) in [5.41, 5.74) is 8.22. The zero-order valence-electron chi connectivity index (χ0n) is 10.8. The molecule has 1 aromatic carbocycles. The number of oxazole rings is 1. The summed E-state index contributed by atoms with van der Waals surface area (Å²) in [7, 11) is 0. The van der Waals surface area contributed by atoms with Crippen molar-refractivity contribution < 1.29 is 9.62 Å². The minimum absolute atomic E-state index is 0.106. The summed E-state index contributed by atoms with van der Waals surface area (Å²) in [5, 5.41) is 12.3. The zero-order chi connectivity index (χ0) is 13.8. The van der Waals surface area contributed by atoms with Gasteiger partial charge in [0.25, 0.3) is 5.22 Å². The molecule has 0 atom stereocenters. The van der Waals surface area contributed by atoms with Crippen molar-refractivity contribution in [3.05, 3.63) is 46.8 Å². The fraction of sp³-hybridized carbons (Fsp3) is 0.231. The predicted octanol–water partition coefficient (Wildman–Crippen LogP) is 2.68. The summed E-state index contributed by atoms with van der Waals surface area (Å²) < 4.78 is 5.50. The third-order valence-electron chi connectivity index (χ3n) is 2.70. The Morgan fingerprint density at radius 2 is 2.26 bits per heavy atom. The average molecular weight is 277 g/mol. The van der Waals surface area contributed by atoms with Crippen molar-refractivity contribution in [3.8, 4) is 0 Å². The van der Waals surface area contributed by atoms with Crippen LogP contribution in [0, 0.1) is 13.8 Å². The van der Waals surface area contributed by atoms with E-state index < -0.39 is 0 Å². The number of nitrogens with two attached hydrogens (primary N) is 1. The summed E-state index contributed by atoms with van der Waals surface area (Å²) in [5.74, 6) is 1.66. The first-order valence-corrected chi connectivity index (χ1v) is 6.72. The molecule has 0 aliphatic rings. The Balaban J connectivity index is 2.07. The van der Waals surface area contributed by atoms with Crippen molar-refractivity contribution in [1.29, 1.82) is 0 Å². The molecule has 0 saturated carbocycles. The number of rotatable bonds is 4. The van der Waals surface area contributed by atoms with E-state index in [0.29, 0.717) is 16.5 Å². The topological polar surface area (TPSA) is 84.6 Å². The molecule has 0 unspecified atom stereocenters. The molecule has 0 aliphatic heterocycles. The van der Waals surface area contributed by atoms with Crippen LogP contribution in [0.1, 0.15) is 22.6 Å². The average Bonchev–Trinajstić information content (AvgIpc) is 2.75. The monoisotopic (exact) mass is 277 g/mol. The van der Waals surface area contributed by atoms with Crippen molar-refractivity contribution >= 4 is 17.6 Å². The van der Waals surface area contributed by atoms with Crippen molar-refractivity contribution in [2.75, 3.05) is 0 Å². The molecule has 100 valence electrons. The summed E-state index contributed by atoms with van der Waals surface area (Å²) in [4.78, 5) is 4.31. The van der Waals surface area contributed by atoms with E-state index in [0.717, 1.165) is 17.0 Å². The first kappa shape index (κ1) is 13.5. The number of aromatic nitrogens is 1. The molecular weight excluding hydrogens is 262 g/mol. The van der Waals surface area contributed by atoms with E-state index in [1.165, 1.54) is 11.8 Å². The quantitative estimate of drug-likeness (QED) is 0.295. The predicted molar refractivity (Wildman–Crippen MR) is 74.5 cm³/mol. The van der Waals surface area contributed by atoms with Crippen molar-refractivity contribution in [2.24, 2.45) is 10.9 Å². The second-order valence-electron chi connectivity index (χ2n) is 4.10. The Hall–Kier alpha value is -1.95. The van der Waals surface area contributed by atoms with E-state index in [2.05, 4.69) is 10.1 Å². The molecule has 0 spiro atoms. The summed E-state index contributed by atoms with van der Waals surface area (Å²) in [6, 6.07) is 7.52. The highest BCUT2D eigenvalue weighted by atomic mass is 32.2. The van der Waals surface area contributed by atoms with Gasteiger partial charge in [-0.1, -0.05) is 35.1 Å². The molecule has 5 nitrogen and oxygen atoms in total. The fourth-order valence-electron chi connectivity index (χ4n) is 1.53. The third-order valence-corrected chi connectivity index (χ3v) is 3.60. The number of oxime groups is 1. The Kier molecular flexibility index (Phi) is 4.11. The van der Waals surface area contributed by atoms with Gasteiger partial charge in [-0.3, -0.25) is 0 Å². The molecule has 2 aromatic rings. The van der Waals surface area contributed by atoms with Crippen LogP contribution in [-0.2, 0) is 5.75 Å². The molecule has 1 heterocycles. The fourth-order valence-corrected chi connectivity index (χ4v) is 2.38. The molecule has 3 N–H and O–H groups in total. The normalized spacial score (nSPS) is 11.8. The van der Waals surface area contributed by atoms with Crippen LogP contribution in [0.3, 0.4) is 0 Å². The smallest absolute Gasteiger partial charge is 0.256 e. The lowest BCUT2D eigenvalue weighted by Crippen LogP contribution is -2.13. The molecule has 0 radical (unpaired) electrons. The van der Waals surface area contributed by atoms with Gasteiger partial charge in [-0.15, -0.1) is 0 Å². The van der Waals surface area contributed by atoms with Crippen LogP contribution in [0.5, 0.6) is 0 Å². The number of hydrogen-bond donors (Lipinski definition) is 2. The molecule has 0 aliphatic carbocycles. The maximum Gasteiger partial charge on any atom is 0.256 e. The molecular formula is C13H15N3O2S. The van der Waals surface area contributed by atoms with E-state index in [4.69, 9.17) is 15.4 Å². The summed E-state index contributed by atoms with van der Waals surface area (Å²) in [6.45, 7) is 3.81. The standard InChI is InChI=1S/C13H15N3O2S/c1-8-9(2)18-13(15-8)19-7-10-4-3-5-11(6-10)12(14)16-17/h3-6,17H,7H2,1-2H3,(H2,14,16). The highest BCUT2D eigenvalue weighted by Gasteiger charge is 2.07. The lowest BCUT2D eigenvalue weighted by molar-refractivity contribution is 0.318. The van der Waals surface area contributed by atoms with Crippen LogP contribution >= 0.6 is 11.8 Å². The Bertz CT molecular complexity index is 588. The van der Waals surface area contributed by atoms with E-state index in [-0.39, 0.29) is 5.84 Å². The van der Waals surface area contributed by atoms with Gasteiger partial charge in [-0.05, 0) is 25.5 Å². The van der Waals surface area contributed by atoms with Crippen LogP contribution in [0.15, 0.2) is 39.1 Å². The molecule has 19 heavy (non-hydrogen) atoms. The third kappa shape index (κ3) is 3.29. The van der Waals surface area contributed by atoms with Gasteiger partial charge in [0.15, 0.2) is 5.84 Å². The highest BCUT2D eigenvalue weighted by molar-refractivity contribution is 7.98. The zero-order valence-corrected chi connectivity index (χ0v) is 11.6. The van der Waals surface area contributed by atoms with E-state index >= 15 is 0 Å². The number of hydrogen-bond acceptors (Lipinski definition) is 5. The molecule has 0 saturated heterocycles. The number of thioether (sulfide) groups is 1. The number of amidine groups is 1. The molecule has 0 fully saturated rings. The minimum Gasteiger partial charge on any atom is -0.437 e. The first-order valence-electron chi connectivity index (χ1n) is 5.74. The largest absolute Gasteiger partial charge is 0.437 e. The molecule has 2 rings (SSSR count). The molecule has 6 heteroatoms. The number of nitrogens with zero attached hydrogens (tertiary/aromatic N) is 2. The van der Waals surface area contributed by atoms with E-state index in [1.54, 1.807) is 6.07 Å².